The van der Waals surface area contributed by atoms with Crippen LogP contribution in [0.3, 0.4) is 0 Å². The van der Waals surface area contributed by atoms with Crippen LogP contribution in [0, 0.1) is 11.3 Å². The molecule has 1 aromatic heterocycles. The number of nitriles is 1. The summed E-state index contributed by atoms with van der Waals surface area (Å²) in [5.74, 6) is -0.00647. The monoisotopic (exact) mass is 418 g/mol. The second kappa shape index (κ2) is 8.81. The summed E-state index contributed by atoms with van der Waals surface area (Å²) in [5, 5.41) is 9.24. The molecule has 3 rings (SSSR count). The van der Waals surface area contributed by atoms with Crippen LogP contribution in [-0.2, 0) is 9.59 Å². The van der Waals surface area contributed by atoms with Crippen molar-refractivity contribution >= 4 is 29.2 Å². The van der Waals surface area contributed by atoms with Gasteiger partial charge in [0.05, 0.1) is 0 Å². The van der Waals surface area contributed by atoms with Crippen molar-refractivity contribution in [1.29, 1.82) is 5.26 Å². The SMILES string of the molecule is CCN1C(=O)C(C#N)=C/C(=C/c2ccc(-c3cc(C(C)C)cc(C(C)C)c3)s2)C1=O. The Morgan fingerprint density at radius 1 is 1.03 bits per heavy atom. The molecular weight excluding hydrogens is 392 g/mol. The average Bonchev–Trinajstić information content (AvgIpc) is 3.18. The number of carbonyl (C=O) groups is 2. The first-order valence-corrected chi connectivity index (χ1v) is 11.0. The summed E-state index contributed by atoms with van der Waals surface area (Å²) in [6.07, 6.45) is 3.16. The van der Waals surface area contributed by atoms with Crippen LogP contribution in [0.25, 0.3) is 16.5 Å². The van der Waals surface area contributed by atoms with E-state index < -0.39 is 5.91 Å². The summed E-state index contributed by atoms with van der Waals surface area (Å²) < 4.78 is 0. The maximum atomic E-state index is 12.6. The molecule has 1 aromatic carbocycles. The van der Waals surface area contributed by atoms with Gasteiger partial charge in [0.1, 0.15) is 11.6 Å². The first-order valence-electron chi connectivity index (χ1n) is 10.2. The summed E-state index contributed by atoms with van der Waals surface area (Å²) in [5.41, 5.74) is 4.15. The maximum absolute atomic E-state index is 12.6. The van der Waals surface area contributed by atoms with Gasteiger partial charge >= 0.3 is 0 Å². The molecule has 0 spiro atoms. The number of amides is 2. The Balaban J connectivity index is 2.01. The highest BCUT2D eigenvalue weighted by molar-refractivity contribution is 7.16. The Morgan fingerprint density at radius 2 is 1.67 bits per heavy atom. The molecule has 0 atom stereocenters. The van der Waals surface area contributed by atoms with Gasteiger partial charge in [-0.1, -0.05) is 45.9 Å². The Bertz CT molecular complexity index is 1070. The van der Waals surface area contributed by atoms with Crippen molar-refractivity contribution in [2.24, 2.45) is 0 Å². The molecule has 0 N–H and O–H groups in total. The van der Waals surface area contributed by atoms with E-state index >= 15 is 0 Å². The van der Waals surface area contributed by atoms with E-state index in [1.54, 1.807) is 24.3 Å². The van der Waals surface area contributed by atoms with Crippen LogP contribution < -0.4 is 0 Å². The van der Waals surface area contributed by atoms with E-state index in [2.05, 4.69) is 52.0 Å². The van der Waals surface area contributed by atoms with E-state index in [-0.39, 0.29) is 18.0 Å². The van der Waals surface area contributed by atoms with Crippen LogP contribution in [0.1, 0.15) is 62.5 Å². The van der Waals surface area contributed by atoms with E-state index in [0.717, 1.165) is 14.7 Å². The van der Waals surface area contributed by atoms with Crippen LogP contribution >= 0.6 is 11.3 Å². The van der Waals surface area contributed by atoms with Crippen molar-refractivity contribution in [3.63, 3.8) is 0 Å². The minimum atomic E-state index is -0.527. The number of benzene rings is 1. The number of hydrogen-bond donors (Lipinski definition) is 0. The Labute approximate surface area is 182 Å². The van der Waals surface area contributed by atoms with Gasteiger partial charge in [-0.25, -0.2) is 0 Å². The minimum Gasteiger partial charge on any atom is -0.274 e. The largest absolute Gasteiger partial charge is 0.274 e. The van der Waals surface area contributed by atoms with Gasteiger partial charge in [0.25, 0.3) is 11.8 Å². The molecule has 0 saturated heterocycles. The fraction of sp³-hybridized carbons (Fsp3) is 0.320. The standard InChI is InChI=1S/C25H26N2O2S/c1-6-27-24(28)20(12-21(14-26)25(27)29)13-22-7-8-23(30-22)19-10-17(15(2)3)9-18(11-19)16(4)5/h7-13,15-16H,6H2,1-5H3/b20-13-. The van der Waals surface area contributed by atoms with Gasteiger partial charge in [-0.15, -0.1) is 11.3 Å². The third-order valence-electron chi connectivity index (χ3n) is 5.22. The topological polar surface area (TPSA) is 61.2 Å². The summed E-state index contributed by atoms with van der Waals surface area (Å²) >= 11 is 1.60. The highest BCUT2D eigenvalue weighted by Gasteiger charge is 2.30. The number of nitrogens with zero attached hydrogens (tertiary/aromatic N) is 2. The lowest BCUT2D eigenvalue weighted by atomic mass is 9.93. The minimum absolute atomic E-state index is 0.00862. The molecule has 1 aliphatic rings. The quantitative estimate of drug-likeness (QED) is 0.450. The maximum Gasteiger partial charge on any atom is 0.271 e. The normalized spacial score (nSPS) is 15.9. The molecule has 5 heteroatoms. The molecule has 0 fully saturated rings. The molecule has 2 amide bonds. The van der Waals surface area contributed by atoms with Crippen molar-refractivity contribution in [1.82, 2.24) is 4.90 Å². The number of carbonyl (C=O) groups excluding carboxylic acids is 2. The van der Waals surface area contributed by atoms with Crippen molar-refractivity contribution in [2.45, 2.75) is 46.5 Å². The van der Waals surface area contributed by atoms with Crippen molar-refractivity contribution in [3.8, 4) is 16.5 Å². The zero-order valence-corrected chi connectivity index (χ0v) is 18.8. The van der Waals surface area contributed by atoms with Crippen LogP contribution in [0.15, 0.2) is 47.6 Å². The highest BCUT2D eigenvalue weighted by atomic mass is 32.1. The summed E-state index contributed by atoms with van der Waals surface area (Å²) in [7, 11) is 0. The third kappa shape index (κ3) is 4.29. The zero-order valence-electron chi connectivity index (χ0n) is 18.0. The number of hydrogen-bond acceptors (Lipinski definition) is 4. The molecule has 0 unspecified atom stereocenters. The van der Waals surface area contributed by atoms with Crippen molar-refractivity contribution in [2.75, 3.05) is 6.54 Å². The van der Waals surface area contributed by atoms with Gasteiger partial charge in [-0.3, -0.25) is 14.5 Å². The molecular formula is C25H26N2O2S. The third-order valence-corrected chi connectivity index (χ3v) is 6.31. The number of imide groups is 1. The zero-order chi connectivity index (χ0) is 22.0. The van der Waals surface area contributed by atoms with Crippen LogP contribution in [-0.4, -0.2) is 23.3 Å². The number of rotatable bonds is 5. The fourth-order valence-corrected chi connectivity index (χ4v) is 4.32. The Kier molecular flexibility index (Phi) is 6.38. The lowest BCUT2D eigenvalue weighted by Gasteiger charge is -2.22. The molecule has 4 nitrogen and oxygen atoms in total. The van der Waals surface area contributed by atoms with E-state index in [1.165, 1.54) is 22.8 Å². The number of likely N-dealkylation sites (N-methyl/N-ethyl adjacent to an activating group) is 1. The number of thiophene rings is 1. The van der Waals surface area contributed by atoms with Crippen LogP contribution in [0.2, 0.25) is 0 Å². The summed E-state index contributed by atoms with van der Waals surface area (Å²) in [6, 6.07) is 12.7. The van der Waals surface area contributed by atoms with E-state index in [9.17, 15) is 14.9 Å². The Morgan fingerprint density at radius 3 is 2.20 bits per heavy atom. The molecule has 154 valence electrons. The lowest BCUT2D eigenvalue weighted by Crippen LogP contribution is -2.40. The lowest BCUT2D eigenvalue weighted by molar-refractivity contribution is -0.139. The smallest absolute Gasteiger partial charge is 0.271 e. The van der Waals surface area contributed by atoms with E-state index in [1.807, 2.05) is 12.1 Å². The van der Waals surface area contributed by atoms with Crippen LogP contribution in [0.5, 0.6) is 0 Å². The molecule has 2 aromatic rings. The molecule has 30 heavy (non-hydrogen) atoms. The predicted molar refractivity (Wildman–Crippen MR) is 122 cm³/mol. The first-order chi connectivity index (χ1) is 14.2. The highest BCUT2D eigenvalue weighted by Crippen LogP contribution is 2.34. The van der Waals surface area contributed by atoms with Crippen LogP contribution in [0.4, 0.5) is 0 Å². The molecule has 0 saturated carbocycles. The van der Waals surface area contributed by atoms with E-state index in [0.29, 0.717) is 17.4 Å². The van der Waals surface area contributed by atoms with E-state index in [4.69, 9.17) is 0 Å². The van der Waals surface area contributed by atoms with Gasteiger partial charge in [0, 0.05) is 21.9 Å². The second-order valence-electron chi connectivity index (χ2n) is 8.02. The molecule has 0 aliphatic carbocycles. The summed E-state index contributed by atoms with van der Waals surface area (Å²) in [6.45, 7) is 10.8. The average molecular weight is 419 g/mol. The first kappa shape index (κ1) is 21.7. The van der Waals surface area contributed by atoms with Gasteiger partial charge in [-0.2, -0.15) is 5.26 Å². The molecule has 1 aliphatic heterocycles. The second-order valence-corrected chi connectivity index (χ2v) is 9.14. The summed E-state index contributed by atoms with van der Waals surface area (Å²) in [4.78, 5) is 27.9. The van der Waals surface area contributed by atoms with Gasteiger partial charge in [-0.05, 0) is 59.7 Å². The Hall–Kier alpha value is -2.97. The van der Waals surface area contributed by atoms with Crippen molar-refractivity contribution < 1.29 is 9.59 Å². The van der Waals surface area contributed by atoms with Crippen molar-refractivity contribution in [3.05, 3.63) is 63.6 Å². The van der Waals surface area contributed by atoms with Gasteiger partial charge < -0.3 is 0 Å². The molecule has 2 heterocycles. The molecule has 0 bridgehead atoms. The van der Waals surface area contributed by atoms with Gasteiger partial charge in [0.2, 0.25) is 0 Å². The fourth-order valence-electron chi connectivity index (χ4n) is 3.37. The van der Waals surface area contributed by atoms with Gasteiger partial charge in [0.15, 0.2) is 0 Å². The molecule has 0 radical (unpaired) electrons. The predicted octanol–water partition coefficient (Wildman–Crippen LogP) is 5.88.